The van der Waals surface area contributed by atoms with Crippen LogP contribution in [0.2, 0.25) is 0 Å². The highest BCUT2D eigenvalue weighted by molar-refractivity contribution is 6.10. The Labute approximate surface area is 410 Å². The third-order valence-corrected chi connectivity index (χ3v) is 14.4. The smallest absolute Gasteiger partial charge is 0.0543 e. The summed E-state index contributed by atoms with van der Waals surface area (Å²) < 4.78 is 0. The van der Waals surface area contributed by atoms with Crippen LogP contribution >= 0.6 is 0 Å². The van der Waals surface area contributed by atoms with Gasteiger partial charge in [0.1, 0.15) is 0 Å². The molecule has 1 aliphatic carbocycles. The van der Waals surface area contributed by atoms with Gasteiger partial charge in [-0.25, -0.2) is 0 Å². The molecule has 0 atom stereocenters. The van der Waals surface area contributed by atoms with Crippen LogP contribution < -0.4 is 9.80 Å². The first-order valence-electron chi connectivity index (χ1n) is 24.5. The highest BCUT2D eigenvalue weighted by Gasteiger charge is 2.39. The van der Waals surface area contributed by atoms with Crippen molar-refractivity contribution in [2.45, 2.75) is 74.7 Å². The van der Waals surface area contributed by atoms with Crippen molar-refractivity contribution >= 4 is 50.5 Å². The van der Waals surface area contributed by atoms with Gasteiger partial charge in [0, 0.05) is 39.2 Å². The Balaban J connectivity index is 1.14. The van der Waals surface area contributed by atoms with E-state index in [1.54, 1.807) is 0 Å². The lowest BCUT2D eigenvalue weighted by Gasteiger charge is -2.31. The van der Waals surface area contributed by atoms with Gasteiger partial charge < -0.3 is 9.80 Å². The van der Waals surface area contributed by atoms with E-state index in [1.165, 1.54) is 105 Å². The third-order valence-electron chi connectivity index (χ3n) is 14.4. The van der Waals surface area contributed by atoms with E-state index in [1.807, 2.05) is 0 Å². The van der Waals surface area contributed by atoms with Gasteiger partial charge in [0.25, 0.3) is 0 Å². The van der Waals surface area contributed by atoms with Crippen molar-refractivity contribution in [1.29, 1.82) is 0 Å². The molecule has 0 saturated heterocycles. The number of allylic oxidation sites excluding steroid dienone is 4. The molecule has 9 aromatic carbocycles. The minimum absolute atomic E-state index is 0.314. The van der Waals surface area contributed by atoms with E-state index >= 15 is 0 Å². The molecule has 0 aliphatic heterocycles. The lowest BCUT2D eigenvalue weighted by atomic mass is 9.81. The van der Waals surface area contributed by atoms with Crippen LogP contribution in [0.15, 0.2) is 200 Å². The van der Waals surface area contributed by atoms with Gasteiger partial charge in [-0.15, -0.1) is 0 Å². The van der Waals surface area contributed by atoms with Gasteiger partial charge in [0.05, 0.1) is 5.69 Å². The molecule has 340 valence electrons. The molecule has 0 unspecified atom stereocenters. The van der Waals surface area contributed by atoms with E-state index in [9.17, 15) is 0 Å². The van der Waals surface area contributed by atoms with Crippen LogP contribution in [0, 0.1) is 34.6 Å². The van der Waals surface area contributed by atoms with E-state index in [-0.39, 0.29) is 5.41 Å². The zero-order valence-corrected chi connectivity index (χ0v) is 41.9. The molecule has 0 spiro atoms. The maximum atomic E-state index is 2.51. The van der Waals surface area contributed by atoms with Crippen molar-refractivity contribution in [3.63, 3.8) is 0 Å². The van der Waals surface area contributed by atoms with Crippen LogP contribution in [-0.4, -0.2) is 0 Å². The van der Waals surface area contributed by atoms with Gasteiger partial charge in [-0.3, -0.25) is 0 Å². The Kier molecular flexibility index (Phi) is 11.8. The van der Waals surface area contributed by atoms with Crippen molar-refractivity contribution in [1.82, 2.24) is 0 Å². The maximum Gasteiger partial charge on any atom is 0.0543 e. The Morgan fingerprint density at radius 2 is 1.00 bits per heavy atom. The number of hydrogen-bond donors (Lipinski definition) is 0. The van der Waals surface area contributed by atoms with Crippen LogP contribution in [0.3, 0.4) is 0 Å². The summed E-state index contributed by atoms with van der Waals surface area (Å²) in [6.45, 7) is 22.5. The van der Waals surface area contributed by atoms with Gasteiger partial charge >= 0.3 is 0 Å². The molecule has 10 rings (SSSR count). The lowest BCUT2D eigenvalue weighted by molar-refractivity contribution is 0.661. The zero-order chi connectivity index (χ0) is 48.1. The number of rotatable bonds is 10. The number of fused-ring (bicyclic) bond motifs is 5. The molecule has 2 nitrogen and oxygen atoms in total. The summed E-state index contributed by atoms with van der Waals surface area (Å²) in [6, 6.07) is 68.1. The fourth-order valence-electron chi connectivity index (χ4n) is 11.0. The molecule has 0 N–H and O–H groups in total. The number of benzene rings is 9. The molecule has 0 saturated carbocycles. The largest absolute Gasteiger partial charge is 0.310 e. The summed E-state index contributed by atoms with van der Waals surface area (Å²) in [6.07, 6.45) is 4.37. The number of hydrogen-bond acceptors (Lipinski definition) is 2. The van der Waals surface area contributed by atoms with Crippen LogP contribution in [0.1, 0.15) is 79.1 Å². The molecular formula is C67H62N2. The van der Waals surface area contributed by atoms with Crippen molar-refractivity contribution in [2.24, 2.45) is 0 Å². The first-order valence-corrected chi connectivity index (χ1v) is 24.5. The zero-order valence-electron chi connectivity index (χ0n) is 41.9. The molecule has 0 amide bonds. The van der Waals surface area contributed by atoms with Crippen molar-refractivity contribution in [3.05, 3.63) is 244 Å². The van der Waals surface area contributed by atoms with Crippen molar-refractivity contribution < 1.29 is 0 Å². The Morgan fingerprint density at radius 3 is 1.67 bits per heavy atom. The Hall–Kier alpha value is -7.68. The van der Waals surface area contributed by atoms with E-state index in [0.717, 1.165) is 28.4 Å². The summed E-state index contributed by atoms with van der Waals surface area (Å²) in [5.74, 6) is 0. The summed E-state index contributed by atoms with van der Waals surface area (Å²) >= 11 is 0. The minimum Gasteiger partial charge on any atom is -0.310 e. The third kappa shape index (κ3) is 8.19. The molecule has 2 heteroatoms. The highest BCUT2D eigenvalue weighted by Crippen LogP contribution is 2.56. The summed E-state index contributed by atoms with van der Waals surface area (Å²) in [5.41, 5.74) is 26.9. The SMILES string of the molecule is C/C=C\C(=C(C)C)c1ccc(N(c2ccc(-c3ccccc3)cc2)c2ccc3c(c2)C(C)(C)c2cc(N(c4cc(C)cc(C)c4)c4ccc(-c5ccccc5C)c(C)c4)c4ccccc4c2-3)cc1C. The average Bonchev–Trinajstić information content (AvgIpc) is 3.56. The normalized spacial score (nSPS) is 12.6. The average molecular weight is 895 g/mol. The van der Waals surface area contributed by atoms with E-state index in [2.05, 4.69) is 273 Å². The van der Waals surface area contributed by atoms with Crippen LogP contribution in [0.4, 0.5) is 34.1 Å². The van der Waals surface area contributed by atoms with Crippen molar-refractivity contribution in [2.75, 3.05) is 9.80 Å². The molecule has 0 heterocycles. The standard InChI is InChI=1S/C67H62N2/c1-11-19-56(43(2)3)58-33-30-52(39-47(58)7)68(51-28-26-50(27-29-51)49-21-13-12-14-22-49)54-32-35-62-63(41-54)67(9,10)64-42-65(60-24-17-18-25-61(60)66(62)64)69(55-37-44(4)36-45(5)38-55)53-31-34-59(48(8)40-53)57-23-16-15-20-46(57)6/h11-42H,1-10H3/b19-11-. The number of nitrogens with zero attached hydrogens (tertiary/aromatic N) is 2. The molecule has 1 aliphatic rings. The van der Waals surface area contributed by atoms with Gasteiger partial charge in [-0.1, -0.05) is 147 Å². The highest BCUT2D eigenvalue weighted by atomic mass is 15.1. The molecule has 9 aromatic rings. The fraction of sp³-hybridized carbons (Fsp3) is 0.164. The van der Waals surface area contributed by atoms with Crippen LogP contribution in [0.25, 0.3) is 49.7 Å². The Morgan fingerprint density at radius 1 is 0.435 bits per heavy atom. The van der Waals surface area contributed by atoms with E-state index in [4.69, 9.17) is 0 Å². The second-order valence-electron chi connectivity index (χ2n) is 19.9. The van der Waals surface area contributed by atoms with E-state index in [0.29, 0.717) is 0 Å². The first-order chi connectivity index (χ1) is 33.3. The Bertz CT molecular complexity index is 3470. The molecule has 0 aromatic heterocycles. The first kappa shape index (κ1) is 45.1. The topological polar surface area (TPSA) is 6.48 Å². The van der Waals surface area contributed by atoms with Gasteiger partial charge in [-0.05, 0) is 211 Å². The summed E-state index contributed by atoms with van der Waals surface area (Å²) in [7, 11) is 0. The van der Waals surface area contributed by atoms with Gasteiger partial charge in [0.15, 0.2) is 0 Å². The van der Waals surface area contributed by atoms with Crippen LogP contribution in [-0.2, 0) is 5.41 Å². The second kappa shape index (κ2) is 18.1. The maximum absolute atomic E-state index is 2.51. The predicted octanol–water partition coefficient (Wildman–Crippen LogP) is 19.3. The molecular weight excluding hydrogens is 833 g/mol. The summed E-state index contributed by atoms with van der Waals surface area (Å²) in [4.78, 5) is 4.95. The second-order valence-corrected chi connectivity index (χ2v) is 19.9. The lowest BCUT2D eigenvalue weighted by Crippen LogP contribution is -2.18. The number of aryl methyl sites for hydroxylation is 5. The predicted molar refractivity (Wildman–Crippen MR) is 299 cm³/mol. The number of anilines is 6. The molecule has 0 fully saturated rings. The molecule has 69 heavy (non-hydrogen) atoms. The van der Waals surface area contributed by atoms with E-state index < -0.39 is 0 Å². The quantitative estimate of drug-likeness (QED) is 0.126. The monoisotopic (exact) mass is 894 g/mol. The fourth-order valence-corrected chi connectivity index (χ4v) is 11.0. The van der Waals surface area contributed by atoms with Crippen LogP contribution in [0.5, 0.6) is 0 Å². The van der Waals surface area contributed by atoms with Crippen molar-refractivity contribution in [3.8, 4) is 33.4 Å². The minimum atomic E-state index is -0.314. The molecule has 0 radical (unpaired) electrons. The van der Waals surface area contributed by atoms with Gasteiger partial charge in [-0.2, -0.15) is 0 Å². The van der Waals surface area contributed by atoms with Gasteiger partial charge in [0.2, 0.25) is 0 Å². The molecule has 0 bridgehead atoms. The summed E-state index contributed by atoms with van der Waals surface area (Å²) in [5, 5.41) is 2.50.